The molecule has 1 rings (SSSR count). The van der Waals surface area contributed by atoms with Gasteiger partial charge in [0.05, 0.1) is 6.21 Å². The van der Waals surface area contributed by atoms with E-state index in [4.69, 9.17) is 17.1 Å². The molecule has 0 amide bonds. The van der Waals surface area contributed by atoms with E-state index in [9.17, 15) is 0 Å². The van der Waals surface area contributed by atoms with Crippen LogP contribution in [0.25, 0.3) is 0 Å². The predicted molar refractivity (Wildman–Crippen MR) is 42.3 cm³/mol. The minimum absolute atomic E-state index is 0.465. The Balaban J connectivity index is 3.02. The topological polar surface area (TPSA) is 41.8 Å². The van der Waals surface area contributed by atoms with E-state index >= 15 is 0 Å². The molecule has 0 radical (unpaired) electrons. The van der Waals surface area contributed by atoms with E-state index in [1.54, 1.807) is 24.3 Å². The number of hydrogen-bond acceptors (Lipinski definition) is 3. The standard InChI is InChI=1S/C7H6ClNO2/c8-11-7-4-2-1-3-6(7)5-9-10/h1-5,10H. The molecule has 3 nitrogen and oxygen atoms in total. The van der Waals surface area contributed by atoms with Gasteiger partial charge < -0.3 is 9.50 Å². The molecule has 0 aromatic heterocycles. The van der Waals surface area contributed by atoms with Crippen LogP contribution in [0.15, 0.2) is 29.4 Å². The van der Waals surface area contributed by atoms with Gasteiger partial charge in [0.1, 0.15) is 11.9 Å². The first-order valence-electron chi connectivity index (χ1n) is 2.93. The zero-order valence-corrected chi connectivity index (χ0v) is 6.32. The van der Waals surface area contributed by atoms with Crippen molar-refractivity contribution in [2.75, 3.05) is 0 Å². The normalized spacial score (nSPS) is 10.3. The molecule has 0 heterocycles. The monoisotopic (exact) mass is 171 g/mol. The van der Waals surface area contributed by atoms with Gasteiger partial charge in [-0.2, -0.15) is 0 Å². The Kier molecular flexibility index (Phi) is 2.74. The lowest BCUT2D eigenvalue weighted by molar-refractivity contribution is 0.321. The fourth-order valence-electron chi connectivity index (χ4n) is 0.720. The number of oxime groups is 1. The molecule has 0 unspecified atom stereocenters. The highest BCUT2D eigenvalue weighted by molar-refractivity contribution is 6.09. The van der Waals surface area contributed by atoms with Crippen LogP contribution in [0.4, 0.5) is 0 Å². The SMILES string of the molecule is ON=Cc1ccccc1OCl. The molecule has 0 aliphatic heterocycles. The summed E-state index contributed by atoms with van der Waals surface area (Å²) in [5.74, 6) is 0.465. The fraction of sp³-hybridized carbons (Fsp3) is 0. The number of rotatable bonds is 2. The molecule has 0 spiro atoms. The van der Waals surface area contributed by atoms with Crippen LogP contribution in [0, 0.1) is 0 Å². The van der Waals surface area contributed by atoms with Gasteiger partial charge >= 0.3 is 0 Å². The van der Waals surface area contributed by atoms with Crippen molar-refractivity contribution < 1.29 is 9.50 Å². The van der Waals surface area contributed by atoms with Gasteiger partial charge in [0.2, 0.25) is 0 Å². The van der Waals surface area contributed by atoms with E-state index in [0.29, 0.717) is 11.3 Å². The van der Waals surface area contributed by atoms with Crippen molar-refractivity contribution in [1.82, 2.24) is 0 Å². The lowest BCUT2D eigenvalue weighted by Crippen LogP contribution is -1.85. The lowest BCUT2D eigenvalue weighted by atomic mass is 10.2. The quantitative estimate of drug-likeness (QED) is 0.420. The fourth-order valence-corrected chi connectivity index (χ4v) is 0.860. The largest absolute Gasteiger partial charge is 0.411 e. The van der Waals surface area contributed by atoms with Crippen molar-refractivity contribution >= 4 is 18.1 Å². The van der Waals surface area contributed by atoms with Gasteiger partial charge in [0.15, 0.2) is 5.75 Å². The Morgan fingerprint density at radius 2 is 2.18 bits per heavy atom. The Morgan fingerprint density at radius 3 is 2.82 bits per heavy atom. The van der Waals surface area contributed by atoms with E-state index in [-0.39, 0.29) is 0 Å². The Morgan fingerprint density at radius 1 is 1.45 bits per heavy atom. The maximum atomic E-state index is 8.21. The van der Waals surface area contributed by atoms with Crippen LogP contribution in [0.3, 0.4) is 0 Å². The van der Waals surface area contributed by atoms with Crippen LogP contribution in [-0.4, -0.2) is 11.4 Å². The molecule has 0 saturated carbocycles. The highest BCUT2D eigenvalue weighted by Gasteiger charge is 1.97. The zero-order valence-electron chi connectivity index (χ0n) is 5.57. The second kappa shape index (κ2) is 3.83. The van der Waals surface area contributed by atoms with E-state index in [1.807, 2.05) is 0 Å². The molecule has 4 heteroatoms. The van der Waals surface area contributed by atoms with Gasteiger partial charge in [0.25, 0.3) is 0 Å². The summed E-state index contributed by atoms with van der Waals surface area (Å²) in [6.07, 6.45) is 1.25. The highest BCUT2D eigenvalue weighted by atomic mass is 35.5. The molecular weight excluding hydrogens is 166 g/mol. The van der Waals surface area contributed by atoms with Crippen molar-refractivity contribution in [2.45, 2.75) is 0 Å². The van der Waals surface area contributed by atoms with Crippen molar-refractivity contribution in [1.29, 1.82) is 0 Å². The molecule has 0 aliphatic carbocycles. The minimum Gasteiger partial charge on any atom is -0.411 e. The average Bonchev–Trinajstić information content (AvgIpc) is 2.06. The third kappa shape index (κ3) is 1.85. The maximum absolute atomic E-state index is 8.21. The predicted octanol–water partition coefficient (Wildman–Crippen LogP) is 2.03. The van der Waals surface area contributed by atoms with Crippen LogP contribution >= 0.6 is 11.9 Å². The summed E-state index contributed by atoms with van der Waals surface area (Å²) in [5.41, 5.74) is 0.630. The van der Waals surface area contributed by atoms with Crippen molar-refractivity contribution in [3.63, 3.8) is 0 Å². The van der Waals surface area contributed by atoms with Gasteiger partial charge in [-0.3, -0.25) is 0 Å². The van der Waals surface area contributed by atoms with Gasteiger partial charge in [-0.05, 0) is 12.1 Å². The van der Waals surface area contributed by atoms with Gasteiger partial charge in [-0.25, -0.2) is 0 Å². The molecule has 0 aliphatic rings. The highest BCUT2D eigenvalue weighted by Crippen LogP contribution is 2.16. The van der Waals surface area contributed by atoms with Crippen molar-refractivity contribution in [3.05, 3.63) is 29.8 Å². The molecule has 0 atom stereocenters. The second-order valence-corrected chi connectivity index (χ2v) is 2.01. The van der Waals surface area contributed by atoms with Crippen molar-refractivity contribution in [3.8, 4) is 5.75 Å². The minimum atomic E-state index is 0.465. The Bertz CT molecular complexity index is 262. The number of halogens is 1. The molecule has 11 heavy (non-hydrogen) atoms. The van der Waals surface area contributed by atoms with E-state index in [1.165, 1.54) is 6.21 Å². The smallest absolute Gasteiger partial charge is 0.155 e. The summed E-state index contributed by atoms with van der Waals surface area (Å²) >= 11 is 5.12. The Labute approximate surface area is 69.0 Å². The molecule has 58 valence electrons. The molecule has 1 aromatic rings. The summed E-state index contributed by atoms with van der Waals surface area (Å²) in [7, 11) is 0. The molecule has 0 bridgehead atoms. The summed E-state index contributed by atoms with van der Waals surface area (Å²) < 4.78 is 4.47. The molecular formula is C7H6ClNO2. The van der Waals surface area contributed by atoms with Crippen LogP contribution in [0.2, 0.25) is 0 Å². The summed E-state index contributed by atoms with van der Waals surface area (Å²) in [5, 5.41) is 11.1. The first-order chi connectivity index (χ1) is 5.38. The second-order valence-electron chi connectivity index (χ2n) is 1.86. The van der Waals surface area contributed by atoms with Gasteiger partial charge in [-0.15, -0.1) is 0 Å². The molecule has 0 saturated heterocycles. The van der Waals surface area contributed by atoms with Crippen LogP contribution in [0.5, 0.6) is 5.75 Å². The van der Waals surface area contributed by atoms with E-state index in [2.05, 4.69) is 9.45 Å². The first-order valence-corrected chi connectivity index (χ1v) is 3.24. The third-order valence-electron chi connectivity index (χ3n) is 1.20. The molecule has 0 fully saturated rings. The van der Waals surface area contributed by atoms with Crippen LogP contribution < -0.4 is 4.29 Å². The van der Waals surface area contributed by atoms with Gasteiger partial charge in [-0.1, -0.05) is 17.3 Å². The number of para-hydroxylation sites is 1. The van der Waals surface area contributed by atoms with E-state index in [0.717, 1.165) is 0 Å². The molecule has 1 N–H and O–H groups in total. The number of hydrogen-bond donors (Lipinski definition) is 1. The molecule has 1 aromatic carbocycles. The Hall–Kier alpha value is -1.22. The van der Waals surface area contributed by atoms with Crippen LogP contribution in [-0.2, 0) is 0 Å². The maximum Gasteiger partial charge on any atom is 0.155 e. The lowest BCUT2D eigenvalue weighted by Gasteiger charge is -1.97. The first kappa shape index (κ1) is 7.88. The van der Waals surface area contributed by atoms with Crippen LogP contribution in [0.1, 0.15) is 5.56 Å². The number of benzene rings is 1. The summed E-state index contributed by atoms with van der Waals surface area (Å²) in [6, 6.07) is 6.95. The van der Waals surface area contributed by atoms with Gasteiger partial charge in [0, 0.05) is 5.56 Å². The summed E-state index contributed by atoms with van der Waals surface area (Å²) in [4.78, 5) is 0. The van der Waals surface area contributed by atoms with Crippen molar-refractivity contribution in [2.24, 2.45) is 5.16 Å². The summed E-state index contributed by atoms with van der Waals surface area (Å²) in [6.45, 7) is 0. The zero-order chi connectivity index (χ0) is 8.10. The average molecular weight is 172 g/mol. The van der Waals surface area contributed by atoms with E-state index < -0.39 is 0 Å². The third-order valence-corrected chi connectivity index (χ3v) is 1.37. The number of nitrogens with zero attached hydrogens (tertiary/aromatic N) is 1.